The lowest BCUT2D eigenvalue weighted by Gasteiger charge is -2.14. The summed E-state index contributed by atoms with van der Waals surface area (Å²) in [7, 11) is 0. The zero-order valence-electron chi connectivity index (χ0n) is 11.7. The minimum Gasteiger partial charge on any atom is -0.369 e. The molecule has 0 spiro atoms. The molecule has 0 fully saturated rings. The summed E-state index contributed by atoms with van der Waals surface area (Å²) in [5.74, 6) is 7.42. The molecule has 0 saturated carbocycles. The summed E-state index contributed by atoms with van der Waals surface area (Å²) in [4.78, 5) is 11.0. The first kappa shape index (κ1) is 14.0. The Balaban J connectivity index is 2.29. The van der Waals surface area contributed by atoms with Gasteiger partial charge in [0.2, 0.25) is 5.95 Å². The van der Waals surface area contributed by atoms with E-state index in [4.69, 9.17) is 5.84 Å². The molecule has 0 atom stereocenters. The predicted molar refractivity (Wildman–Crippen MR) is 82.5 cm³/mol. The van der Waals surface area contributed by atoms with Crippen molar-refractivity contribution in [3.63, 3.8) is 0 Å². The van der Waals surface area contributed by atoms with Gasteiger partial charge in [-0.3, -0.25) is 5.43 Å². The highest BCUT2D eigenvalue weighted by Gasteiger charge is 2.11. The normalized spacial score (nSPS) is 11.2. The van der Waals surface area contributed by atoms with Crippen molar-refractivity contribution < 1.29 is 0 Å². The van der Waals surface area contributed by atoms with Crippen LogP contribution in [0.2, 0.25) is 0 Å². The molecule has 0 aliphatic heterocycles. The number of anilines is 2. The average Bonchev–Trinajstić information content (AvgIpc) is 2.79. The molecule has 6 heteroatoms. The Morgan fingerprint density at radius 2 is 2.05 bits per heavy atom. The molecule has 0 bridgehead atoms. The number of hydrogen-bond donors (Lipinski definition) is 3. The van der Waals surface area contributed by atoms with Gasteiger partial charge in [0.15, 0.2) is 0 Å². The van der Waals surface area contributed by atoms with Gasteiger partial charge >= 0.3 is 0 Å². The molecule has 2 aromatic heterocycles. The van der Waals surface area contributed by atoms with Crippen LogP contribution in [0.5, 0.6) is 0 Å². The lowest BCUT2D eigenvalue weighted by Crippen LogP contribution is -2.16. The molecule has 4 N–H and O–H groups in total. The lowest BCUT2D eigenvalue weighted by atomic mass is 10.0. The molecule has 0 amide bonds. The fraction of sp³-hybridized carbons (Fsp3) is 0.538. The van der Waals surface area contributed by atoms with Crippen molar-refractivity contribution in [1.29, 1.82) is 0 Å². The molecule has 5 nitrogen and oxygen atoms in total. The second-order valence-corrected chi connectivity index (χ2v) is 5.91. The van der Waals surface area contributed by atoms with Gasteiger partial charge in [-0.15, -0.1) is 11.3 Å². The third-order valence-electron chi connectivity index (χ3n) is 3.36. The Morgan fingerprint density at radius 3 is 2.68 bits per heavy atom. The van der Waals surface area contributed by atoms with Crippen molar-refractivity contribution in [2.24, 2.45) is 11.8 Å². The SMILES string of the molecule is CCC(CC)CNc1nc(NN)nc2sc(C)cc12. The van der Waals surface area contributed by atoms with Crippen molar-refractivity contribution in [3.8, 4) is 0 Å². The molecule has 0 aliphatic carbocycles. The molecule has 2 aromatic rings. The number of nitrogen functional groups attached to an aromatic ring is 1. The third-order valence-corrected chi connectivity index (χ3v) is 4.30. The topological polar surface area (TPSA) is 75.9 Å². The van der Waals surface area contributed by atoms with Crippen LogP contribution in [0.1, 0.15) is 31.6 Å². The van der Waals surface area contributed by atoms with E-state index in [1.54, 1.807) is 11.3 Å². The molecule has 0 unspecified atom stereocenters. The van der Waals surface area contributed by atoms with E-state index < -0.39 is 0 Å². The second kappa shape index (κ2) is 6.16. The number of hydrazine groups is 1. The van der Waals surface area contributed by atoms with Gasteiger partial charge in [0.05, 0.1) is 5.39 Å². The van der Waals surface area contributed by atoms with E-state index in [9.17, 15) is 0 Å². The molecule has 2 heterocycles. The molecular weight excluding hydrogens is 258 g/mol. The molecular formula is C13H21N5S. The highest BCUT2D eigenvalue weighted by Crippen LogP contribution is 2.29. The molecule has 0 saturated heterocycles. The standard InChI is InChI=1S/C13H21N5S/c1-4-9(5-2)7-15-11-10-6-8(3)19-12(10)17-13(16-11)18-14/h6,9H,4-5,7,14H2,1-3H3,(H2,15,16,17,18). The number of nitrogens with two attached hydrogens (primary N) is 1. The van der Waals surface area contributed by atoms with Crippen molar-refractivity contribution in [3.05, 3.63) is 10.9 Å². The van der Waals surface area contributed by atoms with Gasteiger partial charge in [0.25, 0.3) is 0 Å². The number of aromatic nitrogens is 2. The Bertz CT molecular complexity index is 547. The molecule has 0 aromatic carbocycles. The van der Waals surface area contributed by atoms with E-state index in [-0.39, 0.29) is 0 Å². The minimum absolute atomic E-state index is 0.460. The number of aryl methyl sites for hydroxylation is 1. The van der Waals surface area contributed by atoms with Gasteiger partial charge in [-0.1, -0.05) is 26.7 Å². The van der Waals surface area contributed by atoms with Gasteiger partial charge in [-0.05, 0) is 18.9 Å². The fourth-order valence-corrected chi connectivity index (χ4v) is 2.94. The predicted octanol–water partition coefficient (Wildman–Crippen LogP) is 3.13. The van der Waals surface area contributed by atoms with Crippen molar-refractivity contribution in [2.75, 3.05) is 17.3 Å². The number of thiophene rings is 1. The van der Waals surface area contributed by atoms with Crippen molar-refractivity contribution in [2.45, 2.75) is 33.6 Å². The Kier molecular flexibility index (Phi) is 4.55. The Hall–Kier alpha value is -1.40. The van der Waals surface area contributed by atoms with Crippen LogP contribution < -0.4 is 16.6 Å². The highest BCUT2D eigenvalue weighted by atomic mass is 32.1. The molecule has 2 rings (SSSR count). The maximum absolute atomic E-state index is 5.43. The van der Waals surface area contributed by atoms with Gasteiger partial charge in [-0.25, -0.2) is 10.8 Å². The number of nitrogens with one attached hydrogen (secondary N) is 2. The van der Waals surface area contributed by atoms with E-state index in [1.807, 2.05) is 0 Å². The highest BCUT2D eigenvalue weighted by molar-refractivity contribution is 7.18. The Labute approximate surface area is 117 Å². The molecule has 0 radical (unpaired) electrons. The van der Waals surface area contributed by atoms with E-state index in [0.29, 0.717) is 11.9 Å². The molecule has 19 heavy (non-hydrogen) atoms. The fourth-order valence-electron chi connectivity index (χ4n) is 2.06. The first-order chi connectivity index (χ1) is 9.17. The first-order valence-corrected chi connectivity index (χ1v) is 7.48. The van der Waals surface area contributed by atoms with Gasteiger partial charge in [-0.2, -0.15) is 4.98 Å². The van der Waals surface area contributed by atoms with Crippen molar-refractivity contribution in [1.82, 2.24) is 9.97 Å². The van der Waals surface area contributed by atoms with Crippen LogP contribution in [0.3, 0.4) is 0 Å². The van der Waals surface area contributed by atoms with E-state index in [2.05, 4.69) is 47.5 Å². The molecule has 104 valence electrons. The summed E-state index contributed by atoms with van der Waals surface area (Å²) >= 11 is 1.65. The van der Waals surface area contributed by atoms with Crippen LogP contribution in [0.25, 0.3) is 10.2 Å². The number of hydrogen-bond acceptors (Lipinski definition) is 6. The number of rotatable bonds is 6. The van der Waals surface area contributed by atoms with Crippen LogP contribution in [-0.4, -0.2) is 16.5 Å². The number of fused-ring (bicyclic) bond motifs is 1. The van der Waals surface area contributed by atoms with Gasteiger partial charge in [0.1, 0.15) is 10.6 Å². The Morgan fingerprint density at radius 1 is 1.32 bits per heavy atom. The van der Waals surface area contributed by atoms with Crippen LogP contribution in [0, 0.1) is 12.8 Å². The van der Waals surface area contributed by atoms with Crippen LogP contribution in [-0.2, 0) is 0 Å². The third kappa shape index (κ3) is 3.13. The summed E-state index contributed by atoms with van der Waals surface area (Å²) in [6.07, 6.45) is 2.34. The summed E-state index contributed by atoms with van der Waals surface area (Å²) < 4.78 is 0. The van der Waals surface area contributed by atoms with Gasteiger partial charge < -0.3 is 5.32 Å². The maximum atomic E-state index is 5.43. The quantitative estimate of drug-likeness (QED) is 0.559. The maximum Gasteiger partial charge on any atom is 0.240 e. The largest absolute Gasteiger partial charge is 0.369 e. The average molecular weight is 279 g/mol. The van der Waals surface area contributed by atoms with Gasteiger partial charge in [0, 0.05) is 11.4 Å². The summed E-state index contributed by atoms with van der Waals surface area (Å²) in [5.41, 5.74) is 2.53. The van der Waals surface area contributed by atoms with Crippen LogP contribution in [0.4, 0.5) is 11.8 Å². The summed E-state index contributed by atoms with van der Waals surface area (Å²) in [6.45, 7) is 7.44. The zero-order chi connectivity index (χ0) is 13.8. The zero-order valence-corrected chi connectivity index (χ0v) is 12.5. The van der Waals surface area contributed by atoms with Crippen LogP contribution in [0.15, 0.2) is 6.07 Å². The van der Waals surface area contributed by atoms with Crippen LogP contribution >= 0.6 is 11.3 Å². The monoisotopic (exact) mass is 279 g/mol. The van der Waals surface area contributed by atoms with E-state index in [1.165, 1.54) is 17.7 Å². The number of nitrogens with zero attached hydrogens (tertiary/aromatic N) is 2. The van der Waals surface area contributed by atoms with E-state index in [0.717, 1.165) is 22.6 Å². The first-order valence-electron chi connectivity index (χ1n) is 6.66. The lowest BCUT2D eigenvalue weighted by molar-refractivity contribution is 0.518. The smallest absolute Gasteiger partial charge is 0.240 e. The minimum atomic E-state index is 0.460. The summed E-state index contributed by atoms with van der Waals surface area (Å²) in [6, 6.07) is 2.12. The second-order valence-electron chi connectivity index (χ2n) is 4.68. The summed E-state index contributed by atoms with van der Waals surface area (Å²) in [5, 5.41) is 4.51. The van der Waals surface area contributed by atoms with Crippen molar-refractivity contribution >= 4 is 33.3 Å². The van der Waals surface area contributed by atoms with E-state index >= 15 is 0 Å². The molecule has 0 aliphatic rings.